The predicted octanol–water partition coefficient (Wildman–Crippen LogP) is 4.43. The van der Waals surface area contributed by atoms with Crippen molar-refractivity contribution in [1.29, 1.82) is 0 Å². The van der Waals surface area contributed by atoms with E-state index in [0.717, 1.165) is 21.8 Å². The van der Waals surface area contributed by atoms with Gasteiger partial charge in [0, 0.05) is 30.0 Å². The van der Waals surface area contributed by atoms with Crippen LogP contribution in [0.1, 0.15) is 20.8 Å². The van der Waals surface area contributed by atoms with Gasteiger partial charge >= 0.3 is 0 Å². The molecule has 0 saturated carbocycles. The Hall–Kier alpha value is -2.33. The molecule has 2 aromatic heterocycles. The molecule has 0 aliphatic rings. The van der Waals surface area contributed by atoms with Crippen molar-refractivity contribution in [3.63, 3.8) is 0 Å². The van der Waals surface area contributed by atoms with Gasteiger partial charge in [-0.2, -0.15) is 0 Å². The molecular formula is C18H18N2OS. The van der Waals surface area contributed by atoms with Crippen molar-refractivity contribution in [1.82, 2.24) is 4.57 Å². The summed E-state index contributed by atoms with van der Waals surface area (Å²) in [5, 5.41) is 0.979. The number of rotatable bonds is 3. The summed E-state index contributed by atoms with van der Waals surface area (Å²) in [5.41, 5.74) is 2.74. The van der Waals surface area contributed by atoms with Crippen LogP contribution in [0.3, 0.4) is 0 Å². The molecule has 4 heteroatoms. The predicted molar refractivity (Wildman–Crippen MR) is 92.3 cm³/mol. The second-order valence-electron chi connectivity index (χ2n) is 5.25. The highest BCUT2D eigenvalue weighted by atomic mass is 32.1. The first-order chi connectivity index (χ1) is 10.6. The zero-order valence-electron chi connectivity index (χ0n) is 12.9. The zero-order chi connectivity index (χ0) is 15.7. The summed E-state index contributed by atoms with van der Waals surface area (Å²) < 4.78 is 2.01. The third-order valence-electron chi connectivity index (χ3n) is 3.87. The third-order valence-corrected chi connectivity index (χ3v) is 5.09. The summed E-state index contributed by atoms with van der Waals surface area (Å²) in [7, 11) is 1.82. The van der Waals surface area contributed by atoms with Crippen molar-refractivity contribution in [2.45, 2.75) is 13.8 Å². The van der Waals surface area contributed by atoms with E-state index in [4.69, 9.17) is 0 Å². The number of anilines is 1. The number of hydrogen-bond acceptors (Lipinski definition) is 2. The van der Waals surface area contributed by atoms with Crippen LogP contribution in [0, 0.1) is 13.8 Å². The molecule has 3 aromatic rings. The summed E-state index contributed by atoms with van der Waals surface area (Å²) in [6.07, 6.45) is 3.95. The van der Waals surface area contributed by atoms with Crippen LogP contribution < -0.4 is 4.90 Å². The van der Waals surface area contributed by atoms with Gasteiger partial charge < -0.3 is 9.47 Å². The molecule has 0 aliphatic carbocycles. The first-order valence-electron chi connectivity index (χ1n) is 7.16. The molecule has 0 radical (unpaired) electrons. The topological polar surface area (TPSA) is 25.2 Å². The van der Waals surface area contributed by atoms with E-state index in [0.29, 0.717) is 0 Å². The van der Waals surface area contributed by atoms with Gasteiger partial charge in [0.25, 0.3) is 5.91 Å². The summed E-state index contributed by atoms with van der Waals surface area (Å²) in [5.74, 6) is 0.0248. The van der Waals surface area contributed by atoms with Crippen LogP contribution in [0.5, 0.6) is 0 Å². The van der Waals surface area contributed by atoms with Crippen LogP contribution in [0.25, 0.3) is 5.00 Å². The van der Waals surface area contributed by atoms with Gasteiger partial charge in [-0.15, -0.1) is 11.3 Å². The number of carbonyl (C=O) groups excluding carboxylic acids is 1. The summed E-state index contributed by atoms with van der Waals surface area (Å²) in [4.78, 5) is 15.9. The maximum Gasteiger partial charge on any atom is 0.261 e. The molecule has 2 heterocycles. The Labute approximate surface area is 134 Å². The number of carbonyl (C=O) groups is 1. The van der Waals surface area contributed by atoms with Gasteiger partial charge in [-0.3, -0.25) is 4.79 Å². The van der Waals surface area contributed by atoms with E-state index in [1.807, 2.05) is 73.4 Å². The minimum absolute atomic E-state index is 0.0248. The van der Waals surface area contributed by atoms with Gasteiger partial charge in [0.15, 0.2) is 0 Å². The molecular weight excluding hydrogens is 292 g/mol. The van der Waals surface area contributed by atoms with Crippen LogP contribution in [-0.2, 0) is 0 Å². The molecule has 0 spiro atoms. The molecule has 0 saturated heterocycles. The highest BCUT2D eigenvalue weighted by Gasteiger charge is 2.23. The van der Waals surface area contributed by atoms with Gasteiger partial charge in [0.05, 0.1) is 5.56 Å². The van der Waals surface area contributed by atoms with Crippen molar-refractivity contribution in [3.8, 4) is 5.00 Å². The van der Waals surface area contributed by atoms with Gasteiger partial charge in [-0.25, -0.2) is 0 Å². The Bertz CT molecular complexity index is 788. The molecule has 0 N–H and O–H groups in total. The highest BCUT2D eigenvalue weighted by molar-refractivity contribution is 7.15. The maximum absolute atomic E-state index is 13.0. The van der Waals surface area contributed by atoms with Crippen molar-refractivity contribution in [2.24, 2.45) is 0 Å². The molecule has 1 amide bonds. The second-order valence-corrected chi connectivity index (χ2v) is 6.46. The molecule has 0 bridgehead atoms. The smallest absolute Gasteiger partial charge is 0.261 e. The van der Waals surface area contributed by atoms with E-state index < -0.39 is 0 Å². The van der Waals surface area contributed by atoms with E-state index in [2.05, 4.69) is 6.92 Å². The van der Waals surface area contributed by atoms with Crippen molar-refractivity contribution in [3.05, 3.63) is 70.9 Å². The lowest BCUT2D eigenvalue weighted by atomic mass is 10.1. The fourth-order valence-corrected chi connectivity index (χ4v) is 3.56. The lowest BCUT2D eigenvalue weighted by molar-refractivity contribution is 0.0993. The van der Waals surface area contributed by atoms with Crippen LogP contribution in [0.4, 0.5) is 5.69 Å². The fourth-order valence-electron chi connectivity index (χ4n) is 2.45. The van der Waals surface area contributed by atoms with Crippen molar-refractivity contribution in [2.75, 3.05) is 11.9 Å². The molecule has 0 fully saturated rings. The number of thiophene rings is 1. The lowest BCUT2D eigenvalue weighted by Crippen LogP contribution is -2.27. The average Bonchev–Trinajstić information content (AvgIpc) is 3.16. The second kappa shape index (κ2) is 5.81. The number of aryl methyl sites for hydroxylation is 1. The number of aromatic nitrogens is 1. The minimum Gasteiger partial charge on any atom is -0.315 e. The van der Waals surface area contributed by atoms with Crippen molar-refractivity contribution < 1.29 is 4.79 Å². The Morgan fingerprint density at radius 2 is 1.68 bits per heavy atom. The number of amides is 1. The first kappa shape index (κ1) is 14.6. The van der Waals surface area contributed by atoms with Crippen LogP contribution >= 0.6 is 11.3 Å². The van der Waals surface area contributed by atoms with Gasteiger partial charge in [0.2, 0.25) is 0 Å². The Morgan fingerprint density at radius 3 is 2.32 bits per heavy atom. The molecule has 1 aromatic carbocycles. The molecule has 112 valence electrons. The van der Waals surface area contributed by atoms with Crippen molar-refractivity contribution >= 4 is 22.9 Å². The van der Waals surface area contributed by atoms with Crippen LogP contribution in [-0.4, -0.2) is 17.5 Å². The monoisotopic (exact) mass is 310 g/mol. The average molecular weight is 310 g/mol. The van der Waals surface area contributed by atoms with E-state index in [1.165, 1.54) is 4.88 Å². The van der Waals surface area contributed by atoms with Crippen LogP contribution in [0.2, 0.25) is 0 Å². The SMILES string of the molecule is Cc1sc(-n2cccc2)c(C(=O)N(C)c2ccccc2)c1C. The number of hydrogen-bond donors (Lipinski definition) is 0. The molecule has 22 heavy (non-hydrogen) atoms. The summed E-state index contributed by atoms with van der Waals surface area (Å²) >= 11 is 1.66. The van der Waals surface area contributed by atoms with Gasteiger partial charge in [-0.1, -0.05) is 18.2 Å². The van der Waals surface area contributed by atoms with Gasteiger partial charge in [0.1, 0.15) is 5.00 Å². The number of para-hydroxylation sites is 1. The van der Waals surface area contributed by atoms with E-state index in [-0.39, 0.29) is 5.91 Å². The van der Waals surface area contributed by atoms with Gasteiger partial charge in [-0.05, 0) is 43.7 Å². The van der Waals surface area contributed by atoms with E-state index >= 15 is 0 Å². The zero-order valence-corrected chi connectivity index (χ0v) is 13.7. The molecule has 3 nitrogen and oxygen atoms in total. The molecule has 0 atom stereocenters. The normalized spacial score (nSPS) is 10.7. The Kier molecular flexibility index (Phi) is 3.86. The number of nitrogens with zero attached hydrogens (tertiary/aromatic N) is 2. The van der Waals surface area contributed by atoms with E-state index in [9.17, 15) is 4.79 Å². The lowest BCUT2D eigenvalue weighted by Gasteiger charge is -2.18. The largest absolute Gasteiger partial charge is 0.315 e. The third kappa shape index (κ3) is 2.46. The maximum atomic E-state index is 13.0. The van der Waals surface area contributed by atoms with E-state index in [1.54, 1.807) is 16.2 Å². The van der Waals surface area contributed by atoms with Crippen LogP contribution in [0.15, 0.2) is 54.9 Å². The quantitative estimate of drug-likeness (QED) is 0.702. The Balaban J connectivity index is 2.06. The first-order valence-corrected chi connectivity index (χ1v) is 7.97. The molecule has 3 rings (SSSR count). The summed E-state index contributed by atoms with van der Waals surface area (Å²) in [6, 6.07) is 13.7. The molecule has 0 unspecified atom stereocenters. The standard InChI is InChI=1S/C18H18N2OS/c1-13-14(2)22-18(20-11-7-8-12-20)16(13)17(21)19(3)15-9-5-4-6-10-15/h4-12H,1-3H3. The molecule has 0 aliphatic heterocycles. The minimum atomic E-state index is 0.0248. The fraction of sp³-hybridized carbons (Fsp3) is 0.167. The summed E-state index contributed by atoms with van der Waals surface area (Å²) in [6.45, 7) is 4.08. The Morgan fingerprint density at radius 1 is 1.05 bits per heavy atom. The highest BCUT2D eigenvalue weighted by Crippen LogP contribution is 2.32. The number of benzene rings is 1.